The van der Waals surface area contributed by atoms with Gasteiger partial charge in [-0.05, 0) is 55.7 Å². The molecular formula is C37H54F2O5. The van der Waals surface area contributed by atoms with Crippen LogP contribution in [-0.4, -0.2) is 42.3 Å². The fourth-order valence-electron chi connectivity index (χ4n) is 5.91. The molecule has 0 aliphatic heterocycles. The monoisotopic (exact) mass is 616 g/mol. The molecule has 0 bridgehead atoms. The van der Waals surface area contributed by atoms with Gasteiger partial charge in [-0.3, -0.25) is 4.79 Å². The number of carbonyl (C=O) groups excluding carboxylic acids is 2. The highest BCUT2D eigenvalue weighted by Gasteiger charge is 2.40. The van der Waals surface area contributed by atoms with E-state index in [-0.39, 0.29) is 24.7 Å². The minimum absolute atomic E-state index is 0.149. The van der Waals surface area contributed by atoms with E-state index in [2.05, 4.69) is 0 Å². The van der Waals surface area contributed by atoms with Crippen LogP contribution in [-0.2, 0) is 19.7 Å². The van der Waals surface area contributed by atoms with Crippen LogP contribution in [0.5, 0.6) is 0 Å². The molecule has 2 aromatic rings. The largest absolute Gasteiger partial charge is 0.465 e. The maximum Gasteiger partial charge on any atom is 0.316 e. The maximum atomic E-state index is 14.5. The van der Waals surface area contributed by atoms with Gasteiger partial charge in [0.1, 0.15) is 6.29 Å². The summed E-state index contributed by atoms with van der Waals surface area (Å²) < 4.78 is 34.4. The third-order valence-electron chi connectivity index (χ3n) is 8.56. The lowest BCUT2D eigenvalue weighted by Crippen LogP contribution is -2.38. The van der Waals surface area contributed by atoms with Crippen LogP contribution in [0, 0.1) is 11.6 Å². The predicted molar refractivity (Wildman–Crippen MR) is 172 cm³/mol. The van der Waals surface area contributed by atoms with Crippen LogP contribution in [0.1, 0.15) is 128 Å². The van der Waals surface area contributed by atoms with E-state index in [0.29, 0.717) is 31.4 Å². The van der Waals surface area contributed by atoms with Gasteiger partial charge in [-0.15, -0.1) is 0 Å². The molecule has 44 heavy (non-hydrogen) atoms. The quantitative estimate of drug-likeness (QED) is 0.0626. The molecule has 0 aliphatic carbocycles. The minimum Gasteiger partial charge on any atom is -0.465 e. The molecule has 0 saturated heterocycles. The molecule has 0 atom stereocenters. The first-order valence-electron chi connectivity index (χ1n) is 16.9. The van der Waals surface area contributed by atoms with Crippen molar-refractivity contribution < 1.29 is 33.3 Å². The Bertz CT molecular complexity index is 1040. The van der Waals surface area contributed by atoms with Crippen molar-refractivity contribution in [3.05, 3.63) is 59.7 Å². The van der Waals surface area contributed by atoms with Gasteiger partial charge in [0.2, 0.25) is 0 Å². The summed E-state index contributed by atoms with van der Waals surface area (Å²) >= 11 is 0. The van der Waals surface area contributed by atoms with Crippen molar-refractivity contribution in [3.8, 4) is 11.1 Å². The molecular weight excluding hydrogens is 562 g/mol. The van der Waals surface area contributed by atoms with Gasteiger partial charge >= 0.3 is 5.97 Å². The fourth-order valence-corrected chi connectivity index (χ4v) is 5.91. The Morgan fingerprint density at radius 1 is 0.682 bits per heavy atom. The molecule has 2 rings (SSSR count). The van der Waals surface area contributed by atoms with Gasteiger partial charge in [-0.25, -0.2) is 8.78 Å². The summed E-state index contributed by atoms with van der Waals surface area (Å²) in [7, 11) is 0. The van der Waals surface area contributed by atoms with Gasteiger partial charge in [0.05, 0.1) is 12.0 Å². The average Bonchev–Trinajstić information content (AvgIpc) is 3.04. The predicted octanol–water partition coefficient (Wildman–Crippen LogP) is 9.01. The molecule has 2 aromatic carbocycles. The number of esters is 1. The van der Waals surface area contributed by atoms with E-state index in [1.807, 2.05) is 12.1 Å². The smallest absolute Gasteiger partial charge is 0.316 e. The SMILES string of the molecule is O=CCCCCCCCCCCOC(=O)C(CCCCCCO)(CCCCCCO)c1ccc(-c2cccc(F)c2F)cc1. The van der Waals surface area contributed by atoms with Gasteiger partial charge in [0.15, 0.2) is 11.6 Å². The summed E-state index contributed by atoms with van der Waals surface area (Å²) in [6.45, 7) is 0.661. The zero-order valence-electron chi connectivity index (χ0n) is 26.6. The van der Waals surface area contributed by atoms with E-state index in [4.69, 9.17) is 4.74 Å². The highest BCUT2D eigenvalue weighted by atomic mass is 19.2. The number of aliphatic hydroxyl groups is 2. The highest BCUT2D eigenvalue weighted by Crippen LogP contribution is 2.39. The third-order valence-corrected chi connectivity index (χ3v) is 8.56. The van der Waals surface area contributed by atoms with E-state index in [1.54, 1.807) is 18.2 Å². The Morgan fingerprint density at radius 2 is 1.20 bits per heavy atom. The zero-order chi connectivity index (χ0) is 31.9. The molecule has 0 amide bonds. The number of aliphatic hydroxyl groups excluding tert-OH is 2. The second-order valence-corrected chi connectivity index (χ2v) is 12.0. The highest BCUT2D eigenvalue weighted by molar-refractivity contribution is 5.83. The topological polar surface area (TPSA) is 83.8 Å². The summed E-state index contributed by atoms with van der Waals surface area (Å²) in [5.74, 6) is -2.02. The van der Waals surface area contributed by atoms with Crippen LogP contribution in [0.2, 0.25) is 0 Å². The number of hydrogen-bond acceptors (Lipinski definition) is 5. The summed E-state index contributed by atoms with van der Waals surface area (Å²) in [6.07, 6.45) is 17.8. The van der Waals surface area contributed by atoms with Crippen molar-refractivity contribution >= 4 is 12.3 Å². The van der Waals surface area contributed by atoms with Gasteiger partial charge in [-0.1, -0.05) is 113 Å². The van der Waals surface area contributed by atoms with Crippen molar-refractivity contribution in [1.82, 2.24) is 0 Å². The van der Waals surface area contributed by atoms with Crippen LogP contribution < -0.4 is 0 Å². The summed E-state index contributed by atoms with van der Waals surface area (Å²) in [5, 5.41) is 18.4. The summed E-state index contributed by atoms with van der Waals surface area (Å²) in [5.41, 5.74) is 0.683. The number of ether oxygens (including phenoxy) is 1. The number of halogens is 2. The Morgan fingerprint density at radius 3 is 1.77 bits per heavy atom. The van der Waals surface area contributed by atoms with Crippen molar-refractivity contribution in [2.45, 2.75) is 127 Å². The zero-order valence-corrected chi connectivity index (χ0v) is 26.6. The molecule has 0 unspecified atom stereocenters. The third kappa shape index (κ3) is 13.2. The Kier molecular flexibility index (Phi) is 19.5. The van der Waals surface area contributed by atoms with E-state index in [1.165, 1.54) is 6.07 Å². The van der Waals surface area contributed by atoms with E-state index in [9.17, 15) is 28.6 Å². The molecule has 5 nitrogen and oxygen atoms in total. The normalized spacial score (nSPS) is 11.5. The molecule has 0 saturated carbocycles. The van der Waals surface area contributed by atoms with Crippen molar-refractivity contribution in [1.29, 1.82) is 0 Å². The molecule has 0 heterocycles. The second kappa shape index (κ2) is 22.8. The van der Waals surface area contributed by atoms with Crippen LogP contribution >= 0.6 is 0 Å². The Balaban J connectivity index is 2.15. The lowest BCUT2D eigenvalue weighted by Gasteiger charge is -2.33. The van der Waals surface area contributed by atoms with Gasteiger partial charge in [0.25, 0.3) is 0 Å². The van der Waals surface area contributed by atoms with Crippen molar-refractivity contribution in [2.75, 3.05) is 19.8 Å². The lowest BCUT2D eigenvalue weighted by molar-refractivity contribution is -0.151. The van der Waals surface area contributed by atoms with Crippen LogP contribution in [0.25, 0.3) is 11.1 Å². The molecule has 0 radical (unpaired) electrons. The van der Waals surface area contributed by atoms with Crippen LogP contribution in [0.3, 0.4) is 0 Å². The van der Waals surface area contributed by atoms with E-state index in [0.717, 1.165) is 121 Å². The molecule has 0 aliphatic rings. The van der Waals surface area contributed by atoms with Gasteiger partial charge in [-0.2, -0.15) is 0 Å². The summed E-state index contributed by atoms with van der Waals surface area (Å²) in [4.78, 5) is 24.4. The Labute approximate surface area is 263 Å². The number of carbonyl (C=O) groups is 2. The van der Waals surface area contributed by atoms with Crippen molar-refractivity contribution in [3.63, 3.8) is 0 Å². The first-order valence-corrected chi connectivity index (χ1v) is 16.9. The molecule has 2 N–H and O–H groups in total. The summed E-state index contributed by atoms with van der Waals surface area (Å²) in [6, 6.07) is 11.4. The van der Waals surface area contributed by atoms with Crippen LogP contribution in [0.15, 0.2) is 42.5 Å². The number of unbranched alkanes of at least 4 members (excludes halogenated alkanes) is 14. The molecule has 7 heteroatoms. The van der Waals surface area contributed by atoms with Crippen molar-refractivity contribution in [2.24, 2.45) is 0 Å². The van der Waals surface area contributed by atoms with E-state index < -0.39 is 17.0 Å². The Hall–Kier alpha value is -2.64. The average molecular weight is 617 g/mol. The number of benzene rings is 2. The number of hydrogen-bond donors (Lipinski definition) is 2. The standard InChI is InChI=1S/C37H54F2O5/c38-34-20-18-19-33(35(34)39)31-21-23-32(24-22-31)37(25-12-6-9-15-28-41,26-13-7-10-16-29-42)36(43)44-30-17-11-5-3-1-2-4-8-14-27-40/h18-24,27,41-42H,1-17,25-26,28-30H2. The maximum absolute atomic E-state index is 14.5. The lowest BCUT2D eigenvalue weighted by atomic mass is 9.72. The first kappa shape index (κ1) is 37.5. The molecule has 0 aromatic heterocycles. The number of rotatable bonds is 26. The van der Waals surface area contributed by atoms with Gasteiger partial charge < -0.3 is 19.7 Å². The second-order valence-electron chi connectivity index (χ2n) is 12.0. The number of aldehydes is 1. The first-order chi connectivity index (χ1) is 21.5. The van der Waals surface area contributed by atoms with Crippen LogP contribution in [0.4, 0.5) is 8.78 Å². The van der Waals surface area contributed by atoms with Gasteiger partial charge in [0, 0.05) is 25.2 Å². The molecule has 0 spiro atoms. The molecule has 246 valence electrons. The fraction of sp³-hybridized carbons (Fsp3) is 0.622. The molecule has 0 fully saturated rings. The van der Waals surface area contributed by atoms with E-state index >= 15 is 0 Å². The minimum atomic E-state index is -0.898.